The Morgan fingerprint density at radius 2 is 1.75 bits per heavy atom. The lowest BCUT2D eigenvalue weighted by molar-refractivity contribution is -0.143. The Kier molecular flexibility index (Phi) is 6.49. The maximum absolute atomic E-state index is 13.5. The number of nitrogens with one attached hydrogen (secondary N) is 1. The number of rotatable bonds is 7. The highest BCUT2D eigenvalue weighted by Crippen LogP contribution is 2.52. The molecule has 1 amide bonds. The maximum atomic E-state index is 13.5. The highest BCUT2D eigenvalue weighted by Gasteiger charge is 2.62. The first-order valence-corrected chi connectivity index (χ1v) is 9.46. The number of methoxy groups -OCH3 is 3. The number of amides is 1. The van der Waals surface area contributed by atoms with Crippen molar-refractivity contribution in [2.75, 3.05) is 39.9 Å². The first kappa shape index (κ1) is 22.8. The second kappa shape index (κ2) is 9.10. The van der Waals surface area contributed by atoms with E-state index in [1.165, 1.54) is 7.11 Å². The molecule has 1 spiro atoms. The van der Waals surface area contributed by atoms with E-state index >= 15 is 0 Å². The van der Waals surface area contributed by atoms with Crippen LogP contribution in [0.3, 0.4) is 0 Å². The van der Waals surface area contributed by atoms with Gasteiger partial charge in [0.15, 0.2) is 0 Å². The summed E-state index contributed by atoms with van der Waals surface area (Å²) in [5.41, 5.74) is 3.81. The first-order valence-electron chi connectivity index (χ1n) is 9.46. The number of para-hydroxylation sites is 1. The van der Waals surface area contributed by atoms with Crippen molar-refractivity contribution in [2.45, 2.75) is 11.8 Å². The van der Waals surface area contributed by atoms with Gasteiger partial charge in [0.25, 0.3) is 0 Å². The van der Waals surface area contributed by atoms with E-state index in [1.54, 1.807) is 24.3 Å². The van der Waals surface area contributed by atoms with Gasteiger partial charge in [0.05, 0.1) is 20.8 Å². The minimum atomic E-state index is -2.07. The van der Waals surface area contributed by atoms with Crippen molar-refractivity contribution in [1.29, 1.82) is 0 Å². The molecule has 0 saturated heterocycles. The van der Waals surface area contributed by atoms with Gasteiger partial charge in [-0.15, -0.1) is 0 Å². The number of carbonyl (C=O) groups excluding carboxylic acids is 4. The molecule has 0 unspecified atom stereocenters. The fourth-order valence-electron chi connectivity index (χ4n) is 3.75. The highest BCUT2D eigenvalue weighted by atomic mass is 16.6. The number of hydrogen-bond donors (Lipinski definition) is 2. The fourth-order valence-corrected chi connectivity index (χ4v) is 3.75. The molecule has 0 aromatic heterocycles. The van der Waals surface area contributed by atoms with E-state index in [-0.39, 0.29) is 30.1 Å². The molecule has 1 atom stereocenters. The second-order valence-electron chi connectivity index (χ2n) is 6.76. The third-order valence-corrected chi connectivity index (χ3v) is 5.08. The third-order valence-electron chi connectivity index (χ3n) is 5.08. The van der Waals surface area contributed by atoms with Crippen LogP contribution in [0.5, 0.6) is 0 Å². The number of carbonyl (C=O) groups is 4. The Labute approximate surface area is 183 Å². The van der Waals surface area contributed by atoms with Crippen molar-refractivity contribution in [3.8, 4) is 0 Å². The van der Waals surface area contributed by atoms with Gasteiger partial charge in [-0.05, 0) is 6.07 Å². The Morgan fingerprint density at radius 1 is 1.03 bits per heavy atom. The number of fused-ring (bicyclic) bond motifs is 2. The van der Waals surface area contributed by atoms with E-state index in [0.29, 0.717) is 5.69 Å². The molecule has 0 aliphatic carbocycles. The zero-order valence-electron chi connectivity index (χ0n) is 17.7. The van der Waals surface area contributed by atoms with Crippen LogP contribution in [0.1, 0.15) is 12.0 Å². The lowest BCUT2D eigenvalue weighted by atomic mass is 9.67. The average molecular weight is 446 g/mol. The number of esters is 3. The molecule has 170 valence electrons. The third kappa shape index (κ3) is 3.56. The van der Waals surface area contributed by atoms with Crippen LogP contribution in [0.2, 0.25) is 0 Å². The first-order chi connectivity index (χ1) is 15.3. The molecule has 0 fully saturated rings. The number of ether oxygens (including phenoxy) is 5. The zero-order valence-corrected chi connectivity index (χ0v) is 17.7. The molecule has 0 bridgehead atoms. The van der Waals surface area contributed by atoms with Gasteiger partial charge < -0.3 is 34.7 Å². The van der Waals surface area contributed by atoms with Crippen molar-refractivity contribution in [3.63, 3.8) is 0 Å². The van der Waals surface area contributed by atoms with Crippen LogP contribution in [-0.4, -0.2) is 58.4 Å². The average Bonchev–Trinajstić information content (AvgIpc) is 3.05. The molecule has 11 heteroatoms. The molecular formula is C21H22N2O9. The molecule has 3 rings (SSSR count). The van der Waals surface area contributed by atoms with Crippen LogP contribution in [0, 0.1) is 0 Å². The second-order valence-corrected chi connectivity index (χ2v) is 6.76. The Hall–Kier alpha value is -3.86. The number of anilines is 1. The summed E-state index contributed by atoms with van der Waals surface area (Å²) in [7, 11) is 3.66. The van der Waals surface area contributed by atoms with Gasteiger partial charge in [-0.1, -0.05) is 18.2 Å². The van der Waals surface area contributed by atoms with E-state index in [0.717, 1.165) is 14.2 Å². The van der Waals surface area contributed by atoms with Crippen molar-refractivity contribution < 1.29 is 42.9 Å². The molecule has 2 heterocycles. The largest absolute Gasteiger partial charge is 0.469 e. The molecule has 0 radical (unpaired) electrons. The Bertz CT molecular complexity index is 1040. The van der Waals surface area contributed by atoms with Gasteiger partial charge in [0.2, 0.25) is 11.8 Å². The van der Waals surface area contributed by atoms with Crippen molar-refractivity contribution >= 4 is 29.5 Å². The summed E-state index contributed by atoms with van der Waals surface area (Å²) in [6.07, 6.45) is -0.537. The molecule has 2 aliphatic heterocycles. The van der Waals surface area contributed by atoms with E-state index in [9.17, 15) is 19.2 Å². The van der Waals surface area contributed by atoms with Crippen molar-refractivity contribution in [3.05, 3.63) is 52.6 Å². The lowest BCUT2D eigenvalue weighted by Crippen LogP contribution is -2.49. The predicted octanol–water partition coefficient (Wildman–Crippen LogP) is 0.257. The van der Waals surface area contributed by atoms with Gasteiger partial charge in [0, 0.05) is 18.4 Å². The fraction of sp³-hybridized carbons (Fsp3) is 0.333. The molecule has 1 aromatic carbocycles. The monoisotopic (exact) mass is 446 g/mol. The normalized spacial score (nSPS) is 19.3. The highest BCUT2D eigenvalue weighted by molar-refractivity contribution is 6.21. The van der Waals surface area contributed by atoms with Gasteiger partial charge in [-0.25, -0.2) is 9.59 Å². The number of nitrogens with two attached hydrogens (primary N) is 1. The molecule has 3 N–H and O–H groups in total. The van der Waals surface area contributed by atoms with E-state index in [4.69, 9.17) is 24.7 Å². The van der Waals surface area contributed by atoms with E-state index < -0.39 is 47.1 Å². The number of hydrogen-bond acceptors (Lipinski definition) is 10. The van der Waals surface area contributed by atoms with Gasteiger partial charge in [0.1, 0.15) is 35.3 Å². The lowest BCUT2D eigenvalue weighted by Gasteiger charge is -2.35. The molecule has 11 nitrogen and oxygen atoms in total. The van der Waals surface area contributed by atoms with Crippen LogP contribution in [-0.2, 0) is 48.3 Å². The van der Waals surface area contributed by atoms with Crippen molar-refractivity contribution in [1.82, 2.24) is 0 Å². The summed E-state index contributed by atoms with van der Waals surface area (Å²) in [5, 5.41) is 2.65. The molecular weight excluding hydrogens is 424 g/mol. The van der Waals surface area contributed by atoms with Crippen LogP contribution >= 0.6 is 0 Å². The molecule has 1 aromatic rings. The van der Waals surface area contributed by atoms with Gasteiger partial charge >= 0.3 is 17.9 Å². The summed E-state index contributed by atoms with van der Waals surface area (Å²) in [4.78, 5) is 51.6. The van der Waals surface area contributed by atoms with Gasteiger partial charge in [-0.2, -0.15) is 0 Å². The van der Waals surface area contributed by atoms with E-state index in [1.807, 2.05) is 0 Å². The SMILES string of the molecule is COCCOC(=O)C1=C(N)OC(CC(=O)OC)=C(C(=O)OC)[C@]12C(=O)Nc1ccccc12. The Morgan fingerprint density at radius 3 is 2.41 bits per heavy atom. The van der Waals surface area contributed by atoms with Gasteiger partial charge in [-0.3, -0.25) is 9.59 Å². The zero-order chi connectivity index (χ0) is 23.5. The Balaban J connectivity index is 2.32. The molecule has 32 heavy (non-hydrogen) atoms. The minimum Gasteiger partial charge on any atom is -0.469 e. The summed E-state index contributed by atoms with van der Waals surface area (Å²) >= 11 is 0. The quantitative estimate of drug-likeness (QED) is 0.339. The van der Waals surface area contributed by atoms with Crippen LogP contribution in [0.15, 0.2) is 47.1 Å². The predicted molar refractivity (Wildman–Crippen MR) is 108 cm³/mol. The van der Waals surface area contributed by atoms with E-state index in [2.05, 4.69) is 10.1 Å². The number of benzene rings is 1. The standard InChI is InChI=1S/C21H22N2O9/c1-28-8-9-31-19(26)16-17(22)32-13(10-14(24)29-2)15(18(25)30-3)21(16)11-6-4-5-7-12(11)23-20(21)27/h4-7H,8-10,22H2,1-3H3,(H,23,27)/t21-/m0/s1. The summed E-state index contributed by atoms with van der Waals surface area (Å²) < 4.78 is 25.2. The summed E-state index contributed by atoms with van der Waals surface area (Å²) in [6, 6.07) is 6.43. The minimum absolute atomic E-state index is 0.0862. The van der Waals surface area contributed by atoms with Crippen molar-refractivity contribution in [2.24, 2.45) is 5.73 Å². The van der Waals surface area contributed by atoms with Crippen LogP contribution in [0.4, 0.5) is 5.69 Å². The topological polar surface area (TPSA) is 152 Å². The smallest absolute Gasteiger partial charge is 0.341 e. The molecule has 2 aliphatic rings. The van der Waals surface area contributed by atoms with Crippen LogP contribution in [0.25, 0.3) is 0 Å². The summed E-state index contributed by atoms with van der Waals surface area (Å²) in [6.45, 7) is -0.0550. The summed E-state index contributed by atoms with van der Waals surface area (Å²) in [5.74, 6) is -4.28. The maximum Gasteiger partial charge on any atom is 0.341 e. The molecule has 0 saturated carbocycles. The van der Waals surface area contributed by atoms with Crippen LogP contribution < -0.4 is 11.1 Å².